The molecule has 32 heavy (non-hydrogen) atoms. The number of para-hydroxylation sites is 2. The molecule has 0 saturated carbocycles. The third-order valence-corrected chi connectivity index (χ3v) is 4.64. The van der Waals surface area contributed by atoms with Crippen LogP contribution in [0, 0.1) is 0 Å². The van der Waals surface area contributed by atoms with E-state index in [0.29, 0.717) is 37.9 Å². The minimum Gasteiger partial charge on any atom is -0.493 e. The quantitative estimate of drug-likeness (QED) is 0.379. The lowest BCUT2D eigenvalue weighted by atomic mass is 10.2. The van der Waals surface area contributed by atoms with E-state index in [0.717, 1.165) is 17.9 Å². The highest BCUT2D eigenvalue weighted by Gasteiger charge is 2.07. The van der Waals surface area contributed by atoms with Gasteiger partial charge in [0.1, 0.15) is 18.1 Å². The summed E-state index contributed by atoms with van der Waals surface area (Å²) in [5, 5.41) is 6.03. The zero-order valence-electron chi connectivity index (χ0n) is 18.4. The molecule has 2 N–H and O–H groups in total. The van der Waals surface area contributed by atoms with E-state index < -0.39 is 0 Å². The number of carbonyl (C=O) groups is 1. The van der Waals surface area contributed by atoms with E-state index in [4.69, 9.17) is 14.2 Å². The highest BCUT2D eigenvalue weighted by atomic mass is 16.5. The van der Waals surface area contributed by atoms with Crippen LogP contribution in [0.15, 0.2) is 78.9 Å². The fourth-order valence-electron chi connectivity index (χ4n) is 3.07. The Morgan fingerprint density at radius 1 is 0.844 bits per heavy atom. The zero-order valence-corrected chi connectivity index (χ0v) is 18.4. The molecule has 3 aromatic carbocycles. The van der Waals surface area contributed by atoms with Crippen molar-refractivity contribution in [3.05, 3.63) is 84.4 Å². The van der Waals surface area contributed by atoms with Gasteiger partial charge in [-0.3, -0.25) is 4.79 Å². The second-order valence-corrected chi connectivity index (χ2v) is 7.06. The molecule has 0 fully saturated rings. The second-order valence-electron chi connectivity index (χ2n) is 7.06. The topological polar surface area (TPSA) is 68.8 Å². The smallest absolute Gasteiger partial charge is 0.243 e. The predicted octanol–water partition coefficient (Wildman–Crippen LogP) is 4.77. The summed E-state index contributed by atoms with van der Waals surface area (Å²) in [5.41, 5.74) is 2.68. The van der Waals surface area contributed by atoms with Crippen molar-refractivity contribution in [3.8, 4) is 11.5 Å². The van der Waals surface area contributed by atoms with Crippen molar-refractivity contribution >= 4 is 17.3 Å². The lowest BCUT2D eigenvalue weighted by molar-refractivity contribution is -0.114. The summed E-state index contributed by atoms with van der Waals surface area (Å²) in [5.74, 6) is 1.25. The molecule has 0 unspecified atom stereocenters. The Labute approximate surface area is 189 Å². The first-order valence-electron chi connectivity index (χ1n) is 10.8. The fraction of sp³-hybridized carbons (Fsp3) is 0.269. The monoisotopic (exact) mass is 434 g/mol. The number of rotatable bonds is 13. The van der Waals surface area contributed by atoms with Gasteiger partial charge in [-0.25, -0.2) is 0 Å². The Balaban J connectivity index is 1.45. The van der Waals surface area contributed by atoms with Crippen molar-refractivity contribution in [2.75, 3.05) is 43.6 Å². The van der Waals surface area contributed by atoms with Crippen molar-refractivity contribution in [2.45, 2.75) is 13.3 Å². The Kier molecular flexibility index (Phi) is 9.42. The van der Waals surface area contributed by atoms with Gasteiger partial charge >= 0.3 is 0 Å². The molecule has 0 aliphatic rings. The highest BCUT2D eigenvalue weighted by Crippen LogP contribution is 2.23. The lowest BCUT2D eigenvalue weighted by Gasteiger charge is -2.13. The Hall–Kier alpha value is -3.51. The third-order valence-electron chi connectivity index (χ3n) is 4.64. The number of hydrogen-bond donors (Lipinski definition) is 2. The van der Waals surface area contributed by atoms with E-state index in [1.807, 2.05) is 73.7 Å². The molecule has 0 aliphatic heterocycles. The molecule has 168 valence electrons. The first kappa shape index (κ1) is 23.2. The van der Waals surface area contributed by atoms with Crippen molar-refractivity contribution in [1.29, 1.82) is 0 Å². The van der Waals surface area contributed by atoms with Crippen LogP contribution >= 0.6 is 0 Å². The SMILES string of the molecule is CCOCCOc1ccccc1NCC(=O)Nc1cccc(OCCc2ccccc2)c1. The van der Waals surface area contributed by atoms with E-state index in [1.54, 1.807) is 0 Å². The Bertz CT molecular complexity index is 963. The zero-order chi connectivity index (χ0) is 22.4. The van der Waals surface area contributed by atoms with Crippen LogP contribution in [-0.2, 0) is 16.0 Å². The van der Waals surface area contributed by atoms with Crippen LogP contribution in [0.2, 0.25) is 0 Å². The normalized spacial score (nSPS) is 10.4. The van der Waals surface area contributed by atoms with Crippen LogP contribution in [0.4, 0.5) is 11.4 Å². The average Bonchev–Trinajstić information content (AvgIpc) is 2.82. The van der Waals surface area contributed by atoms with Gasteiger partial charge in [0.2, 0.25) is 5.91 Å². The number of nitrogens with one attached hydrogen (secondary N) is 2. The van der Waals surface area contributed by atoms with Gasteiger partial charge in [0.15, 0.2) is 0 Å². The standard InChI is InChI=1S/C26H30N2O4/c1-2-30-17-18-32-25-14-7-6-13-24(25)27-20-26(29)28-22-11-8-12-23(19-22)31-16-15-21-9-4-3-5-10-21/h3-14,19,27H,2,15-18,20H2,1H3,(H,28,29). The van der Waals surface area contributed by atoms with Crippen LogP contribution in [0.1, 0.15) is 12.5 Å². The van der Waals surface area contributed by atoms with Crippen molar-refractivity contribution in [2.24, 2.45) is 0 Å². The van der Waals surface area contributed by atoms with Crippen LogP contribution in [0.3, 0.4) is 0 Å². The molecule has 0 atom stereocenters. The Morgan fingerprint density at radius 2 is 1.66 bits per heavy atom. The van der Waals surface area contributed by atoms with E-state index >= 15 is 0 Å². The molecule has 3 rings (SSSR count). The van der Waals surface area contributed by atoms with Crippen LogP contribution in [0.25, 0.3) is 0 Å². The number of carbonyl (C=O) groups excluding carboxylic acids is 1. The van der Waals surface area contributed by atoms with Gasteiger partial charge in [-0.05, 0) is 36.8 Å². The molecule has 3 aromatic rings. The van der Waals surface area contributed by atoms with E-state index in [9.17, 15) is 4.79 Å². The molecule has 0 radical (unpaired) electrons. The van der Waals surface area contributed by atoms with Gasteiger partial charge in [-0.2, -0.15) is 0 Å². The second kappa shape index (κ2) is 13.0. The molecular weight excluding hydrogens is 404 g/mol. The minimum atomic E-state index is -0.157. The molecule has 1 amide bonds. The van der Waals surface area contributed by atoms with Gasteiger partial charge in [-0.15, -0.1) is 0 Å². The van der Waals surface area contributed by atoms with Gasteiger partial charge < -0.3 is 24.8 Å². The maximum Gasteiger partial charge on any atom is 0.243 e. The fourth-order valence-corrected chi connectivity index (χ4v) is 3.07. The third kappa shape index (κ3) is 7.96. The van der Waals surface area contributed by atoms with E-state index in [-0.39, 0.29) is 12.5 Å². The highest BCUT2D eigenvalue weighted by molar-refractivity contribution is 5.94. The molecule has 0 spiro atoms. The number of hydrogen-bond acceptors (Lipinski definition) is 5. The number of benzene rings is 3. The first-order valence-corrected chi connectivity index (χ1v) is 10.8. The van der Waals surface area contributed by atoms with Gasteiger partial charge in [0, 0.05) is 24.8 Å². The van der Waals surface area contributed by atoms with Crippen LogP contribution in [-0.4, -0.2) is 38.9 Å². The minimum absolute atomic E-state index is 0.116. The van der Waals surface area contributed by atoms with Crippen molar-refractivity contribution < 1.29 is 19.0 Å². The maximum atomic E-state index is 12.4. The van der Waals surface area contributed by atoms with E-state index in [1.165, 1.54) is 5.56 Å². The molecule has 0 saturated heterocycles. The van der Waals surface area contributed by atoms with Gasteiger partial charge in [0.25, 0.3) is 0 Å². The summed E-state index contributed by atoms with van der Waals surface area (Å²) in [6, 6.07) is 25.1. The average molecular weight is 435 g/mol. The van der Waals surface area contributed by atoms with Crippen LogP contribution in [0.5, 0.6) is 11.5 Å². The Morgan fingerprint density at radius 3 is 2.50 bits per heavy atom. The molecule has 0 aromatic heterocycles. The summed E-state index contributed by atoms with van der Waals surface area (Å²) in [6.45, 7) is 4.27. The summed E-state index contributed by atoms with van der Waals surface area (Å²) in [7, 11) is 0. The summed E-state index contributed by atoms with van der Waals surface area (Å²) in [6.07, 6.45) is 0.827. The molecule has 6 heteroatoms. The van der Waals surface area contributed by atoms with E-state index in [2.05, 4.69) is 22.8 Å². The molecular formula is C26H30N2O4. The molecule has 0 heterocycles. The molecule has 6 nitrogen and oxygen atoms in total. The largest absolute Gasteiger partial charge is 0.493 e. The number of amides is 1. The molecule has 0 bridgehead atoms. The lowest BCUT2D eigenvalue weighted by Crippen LogP contribution is -2.22. The molecule has 0 aliphatic carbocycles. The first-order chi connectivity index (χ1) is 15.7. The summed E-state index contributed by atoms with van der Waals surface area (Å²) in [4.78, 5) is 12.4. The van der Waals surface area contributed by atoms with Crippen LogP contribution < -0.4 is 20.1 Å². The van der Waals surface area contributed by atoms with Gasteiger partial charge in [0.05, 0.1) is 25.4 Å². The number of anilines is 2. The number of ether oxygens (including phenoxy) is 3. The summed E-state index contributed by atoms with van der Waals surface area (Å²) < 4.78 is 16.9. The predicted molar refractivity (Wildman–Crippen MR) is 128 cm³/mol. The van der Waals surface area contributed by atoms with Crippen molar-refractivity contribution in [1.82, 2.24) is 0 Å². The summed E-state index contributed by atoms with van der Waals surface area (Å²) >= 11 is 0. The van der Waals surface area contributed by atoms with Crippen molar-refractivity contribution in [3.63, 3.8) is 0 Å². The van der Waals surface area contributed by atoms with Gasteiger partial charge in [-0.1, -0.05) is 48.5 Å². The maximum absolute atomic E-state index is 12.4.